The van der Waals surface area contributed by atoms with Gasteiger partial charge in [-0.25, -0.2) is 0 Å². The standard InChI is InChI=1S/C42H60N2O6/c1-25(2)33-28(45)21-42(35(47)44-24-26-11-10-20-43-23-26)19-18-40(8)27(34(33)42)12-13-30-39(7)16-15-31(50-32(46)22-37(3,4)36(48)49)38(5,6)29(39)14-17-41(30,40)9/h10-11,20,23,25,27,29-31H,12-19,21-22,24H2,1-9H3,(H,44,47)(H,48,49)/t27-,29+,30-,31+,39+,40-,41-,42-/m1/s1. The molecule has 8 atom stereocenters. The molecule has 0 aliphatic heterocycles. The number of Topliss-reactive ketones (excluding diaryl/α,β-unsaturated/α-hetero) is 1. The maximum Gasteiger partial charge on any atom is 0.309 e. The van der Waals surface area contributed by atoms with Crippen molar-refractivity contribution in [2.24, 2.45) is 56.2 Å². The van der Waals surface area contributed by atoms with Gasteiger partial charge < -0.3 is 15.2 Å². The highest BCUT2D eigenvalue weighted by atomic mass is 16.5. The second kappa shape index (κ2) is 12.3. The molecule has 8 heteroatoms. The van der Waals surface area contributed by atoms with Crippen LogP contribution in [0.2, 0.25) is 0 Å². The normalized spacial score (nSPS) is 37.7. The first-order valence-electron chi connectivity index (χ1n) is 19.1. The van der Waals surface area contributed by atoms with Gasteiger partial charge in [0, 0.05) is 30.8 Å². The van der Waals surface area contributed by atoms with E-state index in [4.69, 9.17) is 4.74 Å². The third-order valence-electron chi connectivity index (χ3n) is 15.4. The molecule has 0 bridgehead atoms. The summed E-state index contributed by atoms with van der Waals surface area (Å²) in [4.78, 5) is 57.3. The maximum absolute atomic E-state index is 14.4. The lowest BCUT2D eigenvalue weighted by molar-refractivity contribution is -0.233. The summed E-state index contributed by atoms with van der Waals surface area (Å²) in [7, 11) is 0. The van der Waals surface area contributed by atoms with E-state index in [2.05, 4.69) is 58.8 Å². The Morgan fingerprint density at radius 1 is 0.980 bits per heavy atom. The van der Waals surface area contributed by atoms with Gasteiger partial charge in [0.2, 0.25) is 5.91 Å². The van der Waals surface area contributed by atoms with E-state index in [0.29, 0.717) is 24.8 Å². The molecule has 8 nitrogen and oxygen atoms in total. The molecule has 0 spiro atoms. The molecule has 5 aliphatic carbocycles. The molecule has 0 saturated heterocycles. The van der Waals surface area contributed by atoms with Gasteiger partial charge in [-0.15, -0.1) is 0 Å². The van der Waals surface area contributed by atoms with Gasteiger partial charge >= 0.3 is 11.9 Å². The lowest BCUT2D eigenvalue weighted by Gasteiger charge is -2.72. The van der Waals surface area contributed by atoms with Crippen molar-refractivity contribution in [3.63, 3.8) is 0 Å². The number of carbonyl (C=O) groups is 4. The number of carboxylic acid groups (broad SMARTS) is 1. The molecule has 6 rings (SSSR count). The predicted octanol–water partition coefficient (Wildman–Crippen LogP) is 8.09. The van der Waals surface area contributed by atoms with Gasteiger partial charge in [0.15, 0.2) is 5.78 Å². The monoisotopic (exact) mass is 688 g/mol. The highest BCUT2D eigenvalue weighted by Crippen LogP contribution is 2.76. The van der Waals surface area contributed by atoms with E-state index >= 15 is 0 Å². The molecule has 1 aromatic heterocycles. The lowest BCUT2D eigenvalue weighted by Crippen LogP contribution is -2.66. The van der Waals surface area contributed by atoms with E-state index < -0.39 is 22.8 Å². The van der Waals surface area contributed by atoms with Crippen molar-refractivity contribution in [1.82, 2.24) is 10.3 Å². The molecule has 0 radical (unpaired) electrons. The minimum atomic E-state index is -1.17. The molecule has 1 amide bonds. The topological polar surface area (TPSA) is 123 Å². The Morgan fingerprint density at radius 2 is 1.70 bits per heavy atom. The van der Waals surface area contributed by atoms with Crippen LogP contribution in [-0.2, 0) is 30.5 Å². The number of hydrogen-bond acceptors (Lipinski definition) is 6. The maximum atomic E-state index is 14.4. The number of pyridine rings is 1. The number of rotatable bonds is 8. The molecule has 4 saturated carbocycles. The van der Waals surface area contributed by atoms with E-state index in [1.807, 2.05) is 12.1 Å². The van der Waals surface area contributed by atoms with Crippen LogP contribution in [0.4, 0.5) is 0 Å². The minimum Gasteiger partial charge on any atom is -0.481 e. The smallest absolute Gasteiger partial charge is 0.309 e. The van der Waals surface area contributed by atoms with Crippen LogP contribution in [0.5, 0.6) is 0 Å². The number of allylic oxidation sites excluding steroid dienone is 1. The van der Waals surface area contributed by atoms with Crippen molar-refractivity contribution in [3.05, 3.63) is 41.2 Å². The van der Waals surface area contributed by atoms with E-state index in [-0.39, 0.29) is 64.1 Å². The summed E-state index contributed by atoms with van der Waals surface area (Å²) in [5.74, 6) is -0.227. The molecule has 0 unspecified atom stereocenters. The second-order valence-electron chi connectivity index (χ2n) is 19.0. The molecule has 274 valence electrons. The molecule has 4 fully saturated rings. The number of ether oxygens (including phenoxy) is 1. The van der Waals surface area contributed by atoms with Gasteiger partial charge in [-0.05, 0) is 128 Å². The van der Waals surface area contributed by atoms with Crippen LogP contribution in [0.15, 0.2) is 35.7 Å². The molecule has 1 aromatic rings. The number of amides is 1. The number of ketones is 1. The molecule has 50 heavy (non-hydrogen) atoms. The number of hydrogen-bond donors (Lipinski definition) is 2. The highest BCUT2D eigenvalue weighted by Gasteiger charge is 2.71. The Bertz CT molecular complexity index is 1600. The number of fused-ring (bicyclic) bond motifs is 7. The van der Waals surface area contributed by atoms with Crippen molar-refractivity contribution >= 4 is 23.6 Å². The van der Waals surface area contributed by atoms with Gasteiger partial charge in [-0.3, -0.25) is 24.2 Å². The number of esters is 1. The van der Waals surface area contributed by atoms with Gasteiger partial charge in [0.1, 0.15) is 6.10 Å². The molecular formula is C42H60N2O6. The van der Waals surface area contributed by atoms with Crippen LogP contribution in [0, 0.1) is 56.2 Å². The fourth-order valence-electron chi connectivity index (χ4n) is 12.6. The van der Waals surface area contributed by atoms with Gasteiger partial charge in [-0.1, -0.05) is 54.5 Å². The van der Waals surface area contributed by atoms with E-state index in [1.54, 1.807) is 26.2 Å². The first-order valence-corrected chi connectivity index (χ1v) is 19.1. The quantitative estimate of drug-likeness (QED) is 0.265. The minimum absolute atomic E-state index is 0.00768. The molecule has 0 aromatic carbocycles. The largest absolute Gasteiger partial charge is 0.481 e. The van der Waals surface area contributed by atoms with Gasteiger partial charge in [-0.2, -0.15) is 0 Å². The predicted molar refractivity (Wildman–Crippen MR) is 191 cm³/mol. The van der Waals surface area contributed by atoms with Gasteiger partial charge in [0.05, 0.1) is 17.3 Å². The Balaban J connectivity index is 1.29. The van der Waals surface area contributed by atoms with Crippen molar-refractivity contribution in [2.45, 2.75) is 139 Å². The van der Waals surface area contributed by atoms with Crippen LogP contribution < -0.4 is 5.32 Å². The van der Waals surface area contributed by atoms with Crippen molar-refractivity contribution in [2.75, 3.05) is 0 Å². The number of nitrogens with zero attached hydrogens (tertiary/aromatic N) is 1. The fourth-order valence-corrected chi connectivity index (χ4v) is 12.6. The number of carboxylic acids is 1. The van der Waals surface area contributed by atoms with Crippen LogP contribution in [0.3, 0.4) is 0 Å². The van der Waals surface area contributed by atoms with Crippen LogP contribution in [0.25, 0.3) is 0 Å². The Hall–Kier alpha value is -3.03. The number of aliphatic carboxylic acids is 1. The van der Waals surface area contributed by atoms with Crippen molar-refractivity contribution in [1.29, 1.82) is 0 Å². The zero-order valence-electron chi connectivity index (χ0n) is 31.9. The summed E-state index contributed by atoms with van der Waals surface area (Å²) < 4.78 is 6.15. The first-order chi connectivity index (χ1) is 23.2. The highest BCUT2D eigenvalue weighted by molar-refractivity contribution is 6.07. The Kier molecular flexibility index (Phi) is 9.03. The lowest BCUT2D eigenvalue weighted by atomic mass is 9.33. The zero-order chi connectivity index (χ0) is 36.7. The fraction of sp³-hybridized carbons (Fsp3) is 0.738. The Morgan fingerprint density at radius 3 is 2.34 bits per heavy atom. The number of nitrogens with one attached hydrogen (secondary N) is 1. The van der Waals surface area contributed by atoms with Gasteiger partial charge in [0.25, 0.3) is 0 Å². The number of aromatic nitrogens is 1. The SMILES string of the molecule is CC(C)C1=C2[C@H]3CC[C@@H]4[C@@]5(C)CC[C@H](OC(=O)CC(C)(C)C(=O)O)C(C)(C)[C@@H]5CC[C@@]4(C)[C@]3(C)CC[C@@]2(C(=O)NCc2cccnc2)CC1=O. The summed E-state index contributed by atoms with van der Waals surface area (Å²) in [5.41, 5.74) is 0.809. The molecule has 1 heterocycles. The third-order valence-corrected chi connectivity index (χ3v) is 15.4. The van der Waals surface area contributed by atoms with Crippen LogP contribution >= 0.6 is 0 Å². The zero-order valence-corrected chi connectivity index (χ0v) is 31.9. The van der Waals surface area contributed by atoms with Crippen LogP contribution in [0.1, 0.15) is 132 Å². The molecule has 2 N–H and O–H groups in total. The summed E-state index contributed by atoms with van der Waals surface area (Å²) in [6.07, 6.45) is 10.8. The molecule has 5 aliphatic rings. The second-order valence-corrected chi connectivity index (χ2v) is 19.0. The summed E-state index contributed by atoms with van der Waals surface area (Å²) >= 11 is 0. The van der Waals surface area contributed by atoms with E-state index in [0.717, 1.165) is 61.7 Å². The average Bonchev–Trinajstić information content (AvgIpc) is 3.35. The average molecular weight is 689 g/mol. The summed E-state index contributed by atoms with van der Waals surface area (Å²) in [6, 6.07) is 3.85. The molecular weight excluding hydrogens is 628 g/mol. The summed E-state index contributed by atoms with van der Waals surface area (Å²) in [5, 5.41) is 12.8. The first kappa shape index (κ1) is 36.8. The van der Waals surface area contributed by atoms with Crippen molar-refractivity contribution in [3.8, 4) is 0 Å². The Labute approximate surface area is 299 Å². The van der Waals surface area contributed by atoms with E-state index in [9.17, 15) is 24.3 Å². The number of carbonyl (C=O) groups excluding carboxylic acids is 3. The van der Waals surface area contributed by atoms with E-state index in [1.165, 1.54) is 0 Å². The summed E-state index contributed by atoms with van der Waals surface area (Å²) in [6.45, 7) is 19.8. The van der Waals surface area contributed by atoms with Crippen molar-refractivity contribution < 1.29 is 29.0 Å². The third kappa shape index (κ3) is 5.39. The van der Waals surface area contributed by atoms with Crippen LogP contribution in [-0.4, -0.2) is 39.8 Å².